The van der Waals surface area contributed by atoms with Gasteiger partial charge in [0.25, 0.3) is 0 Å². The minimum Gasteiger partial charge on any atom is -0.466 e. The van der Waals surface area contributed by atoms with Crippen molar-refractivity contribution < 1.29 is 24.2 Å². The van der Waals surface area contributed by atoms with Crippen LogP contribution in [0.25, 0.3) is 5.57 Å². The Morgan fingerprint density at radius 3 is 2.50 bits per heavy atom. The second-order valence-electron chi connectivity index (χ2n) is 6.37. The van der Waals surface area contributed by atoms with Gasteiger partial charge >= 0.3 is 18.1 Å². The summed E-state index contributed by atoms with van der Waals surface area (Å²) in [6.45, 7) is 3.34. The number of carbonyl (C=O) groups excluding carboxylic acids is 2. The predicted octanol–water partition coefficient (Wildman–Crippen LogP) is 1.87. The second-order valence-corrected chi connectivity index (χ2v) is 6.37. The Balaban J connectivity index is 1.74. The van der Waals surface area contributed by atoms with E-state index in [0.29, 0.717) is 26.2 Å². The van der Waals surface area contributed by atoms with Crippen molar-refractivity contribution in [2.45, 2.75) is 13.0 Å². The zero-order chi connectivity index (χ0) is 18.8. The number of hydrogen-bond acceptors (Lipinski definition) is 4. The summed E-state index contributed by atoms with van der Waals surface area (Å²) >= 11 is 0. The van der Waals surface area contributed by atoms with Crippen LogP contribution in [0.5, 0.6) is 0 Å². The molecule has 0 aliphatic carbocycles. The average Bonchev–Trinajstić information content (AvgIpc) is 2.97. The fraction of sp³-hybridized carbons (Fsp3) is 0.389. The van der Waals surface area contributed by atoms with Crippen LogP contribution in [0.4, 0.5) is 15.3 Å². The monoisotopic (exact) mass is 359 g/mol. The van der Waals surface area contributed by atoms with Gasteiger partial charge in [-0.1, -0.05) is 12.1 Å². The molecule has 1 N–H and O–H groups in total. The average molecular weight is 359 g/mol. The van der Waals surface area contributed by atoms with E-state index in [1.54, 1.807) is 9.80 Å². The van der Waals surface area contributed by atoms with Gasteiger partial charge in [0.1, 0.15) is 0 Å². The van der Waals surface area contributed by atoms with Gasteiger partial charge in [-0.3, -0.25) is 4.90 Å². The number of carboxylic acid groups (broad SMARTS) is 1. The van der Waals surface area contributed by atoms with E-state index >= 15 is 0 Å². The van der Waals surface area contributed by atoms with Crippen molar-refractivity contribution >= 4 is 29.4 Å². The number of hydrogen-bond donors (Lipinski definition) is 1. The van der Waals surface area contributed by atoms with E-state index in [2.05, 4.69) is 4.74 Å². The lowest BCUT2D eigenvalue weighted by Gasteiger charge is -2.34. The van der Waals surface area contributed by atoms with Gasteiger partial charge in [0.15, 0.2) is 0 Å². The van der Waals surface area contributed by atoms with Crippen molar-refractivity contribution in [2.24, 2.45) is 0 Å². The van der Waals surface area contributed by atoms with E-state index in [9.17, 15) is 14.4 Å². The molecule has 2 aliphatic heterocycles. The number of piperazine rings is 1. The molecular weight excluding hydrogens is 338 g/mol. The van der Waals surface area contributed by atoms with Gasteiger partial charge < -0.3 is 19.6 Å². The number of methoxy groups -OCH3 is 1. The maximum Gasteiger partial charge on any atom is 0.407 e. The molecule has 2 heterocycles. The third kappa shape index (κ3) is 3.35. The summed E-state index contributed by atoms with van der Waals surface area (Å²) in [6.07, 6.45) is 0.462. The topological polar surface area (TPSA) is 90.4 Å². The zero-order valence-corrected chi connectivity index (χ0v) is 14.7. The highest BCUT2D eigenvalue weighted by Gasteiger charge is 2.42. The molecule has 8 heteroatoms. The molecule has 0 saturated carbocycles. The molecule has 138 valence electrons. The van der Waals surface area contributed by atoms with Crippen molar-refractivity contribution in [3.05, 3.63) is 35.9 Å². The minimum atomic E-state index is -0.951. The number of carbonyl (C=O) groups is 3. The second kappa shape index (κ2) is 7.07. The standard InChI is InChI=1S/C18H21N3O5/c1-12(9-16(22)26-2)13-3-5-14(6-4-13)21-11-15-10-19(18(24)25)7-8-20(15)17(21)23/h3-6,9,15H,7-8,10-11H2,1-2H3,(H,24,25). The molecule has 2 aliphatic rings. The zero-order valence-electron chi connectivity index (χ0n) is 14.7. The normalized spacial score (nSPS) is 20.2. The fourth-order valence-electron chi connectivity index (χ4n) is 3.32. The number of urea groups is 1. The molecule has 0 spiro atoms. The number of ether oxygens (including phenoxy) is 1. The van der Waals surface area contributed by atoms with Crippen molar-refractivity contribution in [3.63, 3.8) is 0 Å². The molecule has 1 aromatic carbocycles. The van der Waals surface area contributed by atoms with E-state index in [1.165, 1.54) is 18.1 Å². The van der Waals surface area contributed by atoms with Crippen molar-refractivity contribution in [2.75, 3.05) is 38.2 Å². The van der Waals surface area contributed by atoms with Crippen LogP contribution in [0.15, 0.2) is 30.3 Å². The lowest BCUT2D eigenvalue weighted by molar-refractivity contribution is -0.134. The van der Waals surface area contributed by atoms with Crippen LogP contribution >= 0.6 is 0 Å². The Morgan fingerprint density at radius 1 is 1.19 bits per heavy atom. The van der Waals surface area contributed by atoms with Gasteiger partial charge in [0, 0.05) is 37.9 Å². The Kier molecular flexibility index (Phi) is 4.83. The largest absolute Gasteiger partial charge is 0.466 e. The van der Waals surface area contributed by atoms with Crippen LogP contribution in [0.1, 0.15) is 12.5 Å². The Hall–Kier alpha value is -3.03. The molecule has 2 fully saturated rings. The number of benzene rings is 1. The molecule has 26 heavy (non-hydrogen) atoms. The smallest absolute Gasteiger partial charge is 0.407 e. The Labute approximate surface area is 151 Å². The molecule has 3 rings (SSSR count). The van der Waals surface area contributed by atoms with E-state index in [-0.39, 0.29) is 12.1 Å². The highest BCUT2D eigenvalue weighted by molar-refractivity contribution is 5.95. The first-order valence-electron chi connectivity index (χ1n) is 8.33. The van der Waals surface area contributed by atoms with Gasteiger partial charge in [-0.05, 0) is 30.2 Å². The van der Waals surface area contributed by atoms with E-state index in [4.69, 9.17) is 5.11 Å². The summed E-state index contributed by atoms with van der Waals surface area (Å²) in [7, 11) is 1.33. The third-order valence-electron chi connectivity index (χ3n) is 4.79. The summed E-state index contributed by atoms with van der Waals surface area (Å²) in [5.41, 5.74) is 2.38. The maximum atomic E-state index is 12.6. The van der Waals surface area contributed by atoms with E-state index < -0.39 is 12.1 Å². The first-order valence-corrected chi connectivity index (χ1v) is 8.33. The predicted molar refractivity (Wildman–Crippen MR) is 94.9 cm³/mol. The first-order chi connectivity index (χ1) is 12.4. The van der Waals surface area contributed by atoms with Gasteiger partial charge in [-0.2, -0.15) is 0 Å². The molecule has 3 amide bonds. The minimum absolute atomic E-state index is 0.102. The molecule has 1 atom stereocenters. The van der Waals surface area contributed by atoms with Crippen LogP contribution in [0, 0.1) is 0 Å². The van der Waals surface area contributed by atoms with Crippen LogP contribution in [0.2, 0.25) is 0 Å². The van der Waals surface area contributed by atoms with Gasteiger partial charge in [-0.15, -0.1) is 0 Å². The van der Waals surface area contributed by atoms with Crippen LogP contribution in [-0.2, 0) is 9.53 Å². The lowest BCUT2D eigenvalue weighted by atomic mass is 10.1. The number of nitrogens with zero attached hydrogens (tertiary/aromatic N) is 3. The number of anilines is 1. The van der Waals surface area contributed by atoms with E-state index in [1.807, 2.05) is 31.2 Å². The molecule has 0 bridgehead atoms. The fourth-order valence-corrected chi connectivity index (χ4v) is 3.32. The SMILES string of the molecule is COC(=O)C=C(C)c1ccc(N2CC3CN(C(=O)O)CCN3C2=O)cc1. The van der Waals surface area contributed by atoms with E-state index in [0.717, 1.165) is 16.8 Å². The summed E-state index contributed by atoms with van der Waals surface area (Å²) in [5.74, 6) is -0.416. The quantitative estimate of drug-likeness (QED) is 0.657. The highest BCUT2D eigenvalue weighted by atomic mass is 16.5. The number of rotatable bonds is 3. The van der Waals surface area contributed by atoms with Gasteiger partial charge in [0.05, 0.1) is 13.2 Å². The summed E-state index contributed by atoms with van der Waals surface area (Å²) in [4.78, 5) is 39.9. The number of amides is 3. The number of allylic oxidation sites excluding steroid dienone is 1. The van der Waals surface area contributed by atoms with Crippen molar-refractivity contribution in [3.8, 4) is 0 Å². The van der Waals surface area contributed by atoms with Crippen LogP contribution in [0.3, 0.4) is 0 Å². The molecule has 8 nitrogen and oxygen atoms in total. The third-order valence-corrected chi connectivity index (χ3v) is 4.79. The van der Waals surface area contributed by atoms with Gasteiger partial charge in [0.2, 0.25) is 0 Å². The number of esters is 1. The first kappa shape index (κ1) is 17.8. The molecule has 1 unspecified atom stereocenters. The highest BCUT2D eigenvalue weighted by Crippen LogP contribution is 2.27. The maximum absolute atomic E-state index is 12.6. The Morgan fingerprint density at radius 2 is 1.88 bits per heavy atom. The molecular formula is C18H21N3O5. The molecule has 2 saturated heterocycles. The Bertz CT molecular complexity index is 759. The summed E-state index contributed by atoms with van der Waals surface area (Å²) in [6, 6.07) is 7.11. The molecule has 0 aromatic heterocycles. The summed E-state index contributed by atoms with van der Waals surface area (Å²) < 4.78 is 4.62. The van der Waals surface area contributed by atoms with Gasteiger partial charge in [-0.25, -0.2) is 14.4 Å². The summed E-state index contributed by atoms with van der Waals surface area (Å²) in [5, 5.41) is 9.14. The van der Waals surface area contributed by atoms with Crippen LogP contribution < -0.4 is 4.90 Å². The van der Waals surface area contributed by atoms with Crippen LogP contribution in [-0.4, -0.2) is 72.3 Å². The number of fused-ring (bicyclic) bond motifs is 1. The van der Waals surface area contributed by atoms with Crippen molar-refractivity contribution in [1.82, 2.24) is 9.80 Å². The lowest BCUT2D eigenvalue weighted by Crippen LogP contribution is -2.53. The van der Waals surface area contributed by atoms with Crippen molar-refractivity contribution in [1.29, 1.82) is 0 Å². The molecule has 1 aromatic rings. The molecule has 0 radical (unpaired) electrons.